The molecule has 2 aromatic carbocycles. The fraction of sp³-hybridized carbons (Fsp3) is 0.333. The second-order valence-corrected chi connectivity index (χ2v) is 7.93. The zero-order valence-electron chi connectivity index (χ0n) is 17.9. The van der Waals surface area contributed by atoms with E-state index in [1.54, 1.807) is 24.3 Å². The summed E-state index contributed by atoms with van der Waals surface area (Å²) in [7, 11) is 0. The number of aromatic nitrogens is 1. The lowest BCUT2D eigenvalue weighted by Crippen LogP contribution is -2.47. The van der Waals surface area contributed by atoms with Crippen molar-refractivity contribution in [3.8, 4) is 5.75 Å². The first kappa shape index (κ1) is 21.6. The maximum absolute atomic E-state index is 12.6. The van der Waals surface area contributed by atoms with Gasteiger partial charge in [-0.25, -0.2) is 0 Å². The van der Waals surface area contributed by atoms with Gasteiger partial charge < -0.3 is 19.3 Å². The summed E-state index contributed by atoms with van der Waals surface area (Å²) in [5.74, 6) is 1.28. The highest BCUT2D eigenvalue weighted by Gasteiger charge is 2.21. The summed E-state index contributed by atoms with van der Waals surface area (Å²) in [5, 5.41) is 6.94. The molecule has 0 saturated carbocycles. The number of nitrogens with zero attached hydrogens (tertiary/aromatic N) is 1. The number of rotatable bonds is 9. The molecule has 158 valence electrons. The highest BCUT2D eigenvalue weighted by Crippen LogP contribution is 2.18. The minimum Gasteiger partial charge on any atom is -0.489 e. The first-order valence-corrected chi connectivity index (χ1v) is 9.93. The molecule has 3 aromatic rings. The molecule has 3 rings (SSSR count). The van der Waals surface area contributed by atoms with Crippen molar-refractivity contribution in [3.05, 3.63) is 82.7 Å². The number of hydrogen-bond acceptors (Lipinski definition) is 5. The first-order valence-electron chi connectivity index (χ1n) is 9.93. The Balaban J connectivity index is 1.49. The molecule has 0 bridgehead atoms. The number of hydrogen-bond donors (Lipinski definition) is 1. The van der Waals surface area contributed by atoms with Crippen LogP contribution in [0.2, 0.25) is 0 Å². The maximum atomic E-state index is 12.6. The fourth-order valence-electron chi connectivity index (χ4n) is 2.98. The van der Waals surface area contributed by atoms with E-state index in [2.05, 4.69) is 10.5 Å². The average Bonchev–Trinajstić information content (AvgIpc) is 3.04. The summed E-state index contributed by atoms with van der Waals surface area (Å²) in [6, 6.07) is 17.0. The van der Waals surface area contributed by atoms with Crippen LogP contribution in [0.25, 0.3) is 0 Å². The molecule has 0 spiro atoms. The van der Waals surface area contributed by atoms with E-state index < -0.39 is 5.54 Å². The van der Waals surface area contributed by atoms with E-state index in [1.165, 1.54) is 0 Å². The van der Waals surface area contributed by atoms with Crippen molar-refractivity contribution in [2.45, 2.75) is 46.4 Å². The summed E-state index contributed by atoms with van der Waals surface area (Å²) in [5.41, 5.74) is 2.93. The normalized spacial score (nSPS) is 11.3. The van der Waals surface area contributed by atoms with Gasteiger partial charge in [0, 0.05) is 5.56 Å². The minimum atomic E-state index is -0.496. The van der Waals surface area contributed by atoms with Gasteiger partial charge in [0.25, 0.3) is 5.91 Å². The molecule has 0 aliphatic heterocycles. The molecule has 6 nitrogen and oxygen atoms in total. The standard InChI is InChI=1S/C24H28N2O4/c1-17-22(18(2)30-26-17)15-29-21-12-10-20(11-13-21)23(27)25-24(3,4)16-28-14-19-8-6-5-7-9-19/h5-13H,14-16H2,1-4H3,(H,25,27). The average molecular weight is 408 g/mol. The number of ether oxygens (including phenoxy) is 2. The molecule has 0 aliphatic rings. The van der Waals surface area contributed by atoms with Crippen LogP contribution in [-0.4, -0.2) is 23.2 Å². The molecule has 1 heterocycles. The van der Waals surface area contributed by atoms with Crippen LogP contribution in [0.5, 0.6) is 5.75 Å². The van der Waals surface area contributed by atoms with E-state index in [-0.39, 0.29) is 5.91 Å². The number of nitrogens with one attached hydrogen (secondary N) is 1. The molecule has 0 atom stereocenters. The number of aryl methyl sites for hydroxylation is 2. The predicted octanol–water partition coefficient (Wildman–Crippen LogP) is 4.60. The van der Waals surface area contributed by atoms with Crippen LogP contribution in [0.4, 0.5) is 0 Å². The molecular weight excluding hydrogens is 380 g/mol. The molecule has 6 heteroatoms. The third kappa shape index (κ3) is 5.94. The summed E-state index contributed by atoms with van der Waals surface area (Å²) in [6.07, 6.45) is 0. The van der Waals surface area contributed by atoms with Crippen molar-refractivity contribution < 1.29 is 18.8 Å². The van der Waals surface area contributed by atoms with Gasteiger partial charge in [0.2, 0.25) is 0 Å². The lowest BCUT2D eigenvalue weighted by Gasteiger charge is -2.26. The summed E-state index contributed by atoms with van der Waals surface area (Å²) in [6.45, 7) is 8.92. The Labute approximate surface area is 177 Å². The Bertz CT molecular complexity index is 943. The van der Waals surface area contributed by atoms with Gasteiger partial charge in [0.05, 0.1) is 30.0 Å². The molecular formula is C24H28N2O4. The molecule has 0 radical (unpaired) electrons. The van der Waals surface area contributed by atoms with Crippen molar-refractivity contribution in [2.24, 2.45) is 0 Å². The smallest absolute Gasteiger partial charge is 0.251 e. The zero-order chi connectivity index (χ0) is 21.6. The third-order valence-corrected chi connectivity index (χ3v) is 4.71. The van der Waals surface area contributed by atoms with E-state index in [4.69, 9.17) is 14.0 Å². The third-order valence-electron chi connectivity index (χ3n) is 4.71. The van der Waals surface area contributed by atoms with Crippen molar-refractivity contribution in [1.82, 2.24) is 10.5 Å². The Morgan fingerprint density at radius 2 is 1.73 bits per heavy atom. The maximum Gasteiger partial charge on any atom is 0.251 e. The summed E-state index contributed by atoms with van der Waals surface area (Å²) in [4.78, 5) is 12.6. The van der Waals surface area contributed by atoms with Gasteiger partial charge in [0.15, 0.2) is 0 Å². The van der Waals surface area contributed by atoms with E-state index in [0.29, 0.717) is 31.1 Å². The van der Waals surface area contributed by atoms with E-state index in [9.17, 15) is 4.79 Å². The number of amides is 1. The Morgan fingerprint density at radius 1 is 1.03 bits per heavy atom. The molecule has 1 aromatic heterocycles. The Morgan fingerprint density at radius 3 is 2.37 bits per heavy atom. The number of benzene rings is 2. The number of carbonyl (C=O) groups excluding carboxylic acids is 1. The Kier molecular flexibility index (Phi) is 6.90. The van der Waals surface area contributed by atoms with Gasteiger partial charge in [0.1, 0.15) is 18.1 Å². The van der Waals surface area contributed by atoms with Crippen molar-refractivity contribution in [1.29, 1.82) is 0 Å². The first-order chi connectivity index (χ1) is 14.3. The molecule has 0 fully saturated rings. The highest BCUT2D eigenvalue weighted by atomic mass is 16.5. The van der Waals surface area contributed by atoms with Crippen LogP contribution in [0.1, 0.15) is 46.8 Å². The van der Waals surface area contributed by atoms with Crippen LogP contribution in [0, 0.1) is 13.8 Å². The van der Waals surface area contributed by atoms with Crippen molar-refractivity contribution in [3.63, 3.8) is 0 Å². The van der Waals surface area contributed by atoms with Crippen LogP contribution in [0.15, 0.2) is 59.1 Å². The van der Waals surface area contributed by atoms with Gasteiger partial charge in [-0.05, 0) is 57.5 Å². The zero-order valence-corrected chi connectivity index (χ0v) is 17.9. The fourth-order valence-corrected chi connectivity index (χ4v) is 2.98. The molecule has 30 heavy (non-hydrogen) atoms. The monoisotopic (exact) mass is 408 g/mol. The van der Waals surface area contributed by atoms with Gasteiger partial charge >= 0.3 is 0 Å². The molecule has 0 unspecified atom stereocenters. The van der Waals surface area contributed by atoms with Crippen LogP contribution in [-0.2, 0) is 18.0 Å². The van der Waals surface area contributed by atoms with E-state index in [1.807, 2.05) is 58.0 Å². The second-order valence-electron chi connectivity index (χ2n) is 7.93. The molecule has 0 saturated heterocycles. The van der Waals surface area contributed by atoms with E-state index >= 15 is 0 Å². The predicted molar refractivity (Wildman–Crippen MR) is 114 cm³/mol. The molecule has 1 N–H and O–H groups in total. The second kappa shape index (κ2) is 9.59. The van der Waals surface area contributed by atoms with Gasteiger partial charge in [-0.3, -0.25) is 4.79 Å². The summed E-state index contributed by atoms with van der Waals surface area (Å²) >= 11 is 0. The van der Waals surface area contributed by atoms with Gasteiger partial charge in [-0.2, -0.15) is 0 Å². The lowest BCUT2D eigenvalue weighted by atomic mass is 10.1. The SMILES string of the molecule is Cc1noc(C)c1COc1ccc(C(=O)NC(C)(C)COCc2ccccc2)cc1. The number of carbonyl (C=O) groups is 1. The van der Waals surface area contributed by atoms with Crippen molar-refractivity contribution in [2.75, 3.05) is 6.61 Å². The topological polar surface area (TPSA) is 73.6 Å². The minimum absolute atomic E-state index is 0.152. The van der Waals surface area contributed by atoms with Crippen LogP contribution >= 0.6 is 0 Å². The van der Waals surface area contributed by atoms with Crippen LogP contribution < -0.4 is 10.1 Å². The van der Waals surface area contributed by atoms with Gasteiger partial charge in [-0.1, -0.05) is 35.5 Å². The largest absolute Gasteiger partial charge is 0.489 e. The Hall–Kier alpha value is -3.12. The highest BCUT2D eigenvalue weighted by molar-refractivity contribution is 5.94. The van der Waals surface area contributed by atoms with E-state index in [0.717, 1.165) is 22.6 Å². The lowest BCUT2D eigenvalue weighted by molar-refractivity contribution is 0.0617. The van der Waals surface area contributed by atoms with Crippen LogP contribution in [0.3, 0.4) is 0 Å². The van der Waals surface area contributed by atoms with Crippen molar-refractivity contribution >= 4 is 5.91 Å². The molecule has 1 amide bonds. The quantitative estimate of drug-likeness (QED) is 0.560. The summed E-state index contributed by atoms with van der Waals surface area (Å²) < 4.78 is 16.7. The molecule has 0 aliphatic carbocycles. The van der Waals surface area contributed by atoms with Gasteiger partial charge in [-0.15, -0.1) is 0 Å².